The average Bonchev–Trinajstić information content (AvgIpc) is 2.74. The maximum atomic E-state index is 12.5. The molecular weight excluding hydrogens is 270 g/mol. The zero-order valence-corrected chi connectivity index (χ0v) is 11.9. The predicted octanol–water partition coefficient (Wildman–Crippen LogP) is 2.54. The van der Waals surface area contributed by atoms with E-state index in [-0.39, 0.29) is 11.5 Å². The van der Waals surface area contributed by atoms with Crippen molar-refractivity contribution in [3.8, 4) is 22.8 Å². The highest BCUT2D eigenvalue weighted by Gasteiger charge is 2.34. The van der Waals surface area contributed by atoms with Crippen molar-refractivity contribution in [1.82, 2.24) is 4.98 Å². The van der Waals surface area contributed by atoms with Crippen LogP contribution in [-0.2, 0) is 4.79 Å². The topological polar surface area (TPSA) is 65.5 Å². The first-order chi connectivity index (χ1) is 10.0. The number of carbonyl (C=O) groups is 2. The van der Waals surface area contributed by atoms with Crippen LogP contribution in [0.4, 0.5) is 0 Å². The van der Waals surface area contributed by atoms with Gasteiger partial charge in [0, 0.05) is 18.7 Å². The van der Waals surface area contributed by atoms with Crippen LogP contribution >= 0.6 is 0 Å². The molecule has 0 unspecified atom stereocenters. The number of hydrogen-bond acceptors (Lipinski definition) is 5. The number of rotatable bonds is 2. The predicted molar refractivity (Wildman–Crippen MR) is 75.7 cm³/mol. The zero-order chi connectivity index (χ0) is 15.1. The van der Waals surface area contributed by atoms with Crippen LogP contribution in [0.1, 0.15) is 28.4 Å². The maximum Gasteiger partial charge on any atom is 0.308 e. The second kappa shape index (κ2) is 4.70. The van der Waals surface area contributed by atoms with E-state index in [0.29, 0.717) is 28.1 Å². The third kappa shape index (κ3) is 1.89. The molecule has 0 bridgehead atoms. The van der Waals surface area contributed by atoms with Crippen molar-refractivity contribution >= 4 is 11.8 Å². The number of aryl methyl sites for hydroxylation is 1. The van der Waals surface area contributed by atoms with Crippen LogP contribution in [0.3, 0.4) is 0 Å². The second-order valence-electron chi connectivity index (χ2n) is 4.79. The fraction of sp³-hybridized carbons (Fsp3) is 0.188. The number of benzene rings is 1. The first kappa shape index (κ1) is 13.3. The molecule has 5 heteroatoms. The van der Waals surface area contributed by atoms with Gasteiger partial charge in [-0.05, 0) is 30.7 Å². The van der Waals surface area contributed by atoms with Gasteiger partial charge >= 0.3 is 5.97 Å². The van der Waals surface area contributed by atoms with E-state index in [1.165, 1.54) is 14.0 Å². The Morgan fingerprint density at radius 1 is 1.19 bits per heavy atom. The Bertz CT molecular complexity index is 780. The standard InChI is InChI=1S/C16H13NO4/c1-8-6-7-17-14-12(8)15(19)10-4-5-11(20-3)16(13(10)14)21-9(2)18/h4-7H,1-3H3. The third-order valence-electron chi connectivity index (χ3n) is 3.46. The Balaban J connectivity index is 2.35. The van der Waals surface area contributed by atoms with Gasteiger partial charge in [0.15, 0.2) is 17.3 Å². The Labute approximate surface area is 121 Å². The molecule has 0 atom stereocenters. The van der Waals surface area contributed by atoms with E-state index in [2.05, 4.69) is 4.98 Å². The summed E-state index contributed by atoms with van der Waals surface area (Å²) in [4.78, 5) is 28.2. The van der Waals surface area contributed by atoms with Crippen LogP contribution in [0.15, 0.2) is 24.4 Å². The van der Waals surface area contributed by atoms with Crippen LogP contribution < -0.4 is 9.47 Å². The Hall–Kier alpha value is -2.69. The van der Waals surface area contributed by atoms with Gasteiger partial charge in [0.1, 0.15) is 0 Å². The summed E-state index contributed by atoms with van der Waals surface area (Å²) in [6.45, 7) is 3.16. The van der Waals surface area contributed by atoms with Crippen molar-refractivity contribution in [2.24, 2.45) is 0 Å². The molecule has 0 saturated heterocycles. The summed E-state index contributed by atoms with van der Waals surface area (Å²) in [5.41, 5.74) is 2.92. The number of esters is 1. The van der Waals surface area contributed by atoms with Crippen LogP contribution in [-0.4, -0.2) is 23.8 Å². The smallest absolute Gasteiger partial charge is 0.308 e. The van der Waals surface area contributed by atoms with Crippen molar-refractivity contribution < 1.29 is 19.1 Å². The highest BCUT2D eigenvalue weighted by atomic mass is 16.6. The zero-order valence-electron chi connectivity index (χ0n) is 11.9. The molecule has 1 aromatic carbocycles. The minimum atomic E-state index is -0.477. The molecule has 1 aliphatic rings. The number of fused-ring (bicyclic) bond motifs is 3. The van der Waals surface area contributed by atoms with Crippen LogP contribution in [0.2, 0.25) is 0 Å². The number of hydrogen-bond donors (Lipinski definition) is 0. The SMILES string of the molecule is COc1ccc2c(c1OC(C)=O)-c1nccc(C)c1C2=O. The lowest BCUT2D eigenvalue weighted by atomic mass is 10.1. The van der Waals surface area contributed by atoms with Gasteiger partial charge in [-0.25, -0.2) is 0 Å². The summed E-state index contributed by atoms with van der Waals surface area (Å²) >= 11 is 0. The lowest BCUT2D eigenvalue weighted by Gasteiger charge is -2.12. The monoisotopic (exact) mass is 283 g/mol. The van der Waals surface area contributed by atoms with Crippen molar-refractivity contribution in [3.63, 3.8) is 0 Å². The quantitative estimate of drug-likeness (QED) is 0.534. The summed E-state index contributed by atoms with van der Waals surface area (Å²) in [5, 5.41) is 0. The third-order valence-corrected chi connectivity index (χ3v) is 3.46. The van der Waals surface area contributed by atoms with E-state index >= 15 is 0 Å². The van der Waals surface area contributed by atoms with Crippen LogP contribution in [0.5, 0.6) is 11.5 Å². The highest BCUT2D eigenvalue weighted by molar-refractivity contribution is 6.23. The molecule has 1 aromatic heterocycles. The second-order valence-corrected chi connectivity index (χ2v) is 4.79. The Morgan fingerprint density at radius 3 is 2.62 bits per heavy atom. The molecule has 2 aromatic rings. The molecule has 0 amide bonds. The van der Waals surface area contributed by atoms with E-state index in [1.54, 1.807) is 24.4 Å². The minimum Gasteiger partial charge on any atom is -0.493 e. The molecule has 0 spiro atoms. The molecule has 0 radical (unpaired) electrons. The van der Waals surface area contributed by atoms with E-state index in [0.717, 1.165) is 5.56 Å². The van der Waals surface area contributed by atoms with Gasteiger partial charge < -0.3 is 9.47 Å². The van der Waals surface area contributed by atoms with Gasteiger partial charge in [-0.1, -0.05) is 0 Å². The first-order valence-corrected chi connectivity index (χ1v) is 6.44. The van der Waals surface area contributed by atoms with Gasteiger partial charge in [-0.3, -0.25) is 14.6 Å². The number of carbonyl (C=O) groups excluding carboxylic acids is 2. The number of ether oxygens (including phenoxy) is 2. The number of pyridine rings is 1. The fourth-order valence-corrected chi connectivity index (χ4v) is 2.56. The number of aromatic nitrogens is 1. The number of ketones is 1. The van der Waals surface area contributed by atoms with E-state index in [1.807, 2.05) is 6.92 Å². The molecule has 0 saturated carbocycles. The van der Waals surface area contributed by atoms with E-state index < -0.39 is 5.97 Å². The molecule has 21 heavy (non-hydrogen) atoms. The largest absolute Gasteiger partial charge is 0.493 e. The van der Waals surface area contributed by atoms with E-state index in [9.17, 15) is 9.59 Å². The normalized spacial score (nSPS) is 11.9. The molecule has 0 N–H and O–H groups in total. The molecule has 5 nitrogen and oxygen atoms in total. The minimum absolute atomic E-state index is 0.110. The molecule has 0 fully saturated rings. The van der Waals surface area contributed by atoms with Gasteiger partial charge in [-0.2, -0.15) is 0 Å². The summed E-state index contributed by atoms with van der Waals surface area (Å²) in [6, 6.07) is 5.08. The van der Waals surface area contributed by atoms with Crippen LogP contribution in [0.25, 0.3) is 11.3 Å². The summed E-state index contributed by atoms with van der Waals surface area (Å²) in [7, 11) is 1.48. The molecular formula is C16H13NO4. The lowest BCUT2D eigenvalue weighted by molar-refractivity contribution is -0.131. The average molecular weight is 283 g/mol. The maximum absolute atomic E-state index is 12.5. The van der Waals surface area contributed by atoms with Crippen molar-refractivity contribution in [3.05, 3.63) is 41.1 Å². The Kier molecular flexibility index (Phi) is 2.97. The molecule has 3 rings (SSSR count). The van der Waals surface area contributed by atoms with Crippen LogP contribution in [0, 0.1) is 6.92 Å². The van der Waals surface area contributed by atoms with Crippen molar-refractivity contribution in [2.45, 2.75) is 13.8 Å². The van der Waals surface area contributed by atoms with Crippen molar-refractivity contribution in [2.75, 3.05) is 7.11 Å². The lowest BCUT2D eigenvalue weighted by Crippen LogP contribution is -2.05. The van der Waals surface area contributed by atoms with Crippen molar-refractivity contribution in [1.29, 1.82) is 0 Å². The first-order valence-electron chi connectivity index (χ1n) is 6.44. The number of methoxy groups -OCH3 is 1. The van der Waals surface area contributed by atoms with Gasteiger partial charge in [0.2, 0.25) is 0 Å². The Morgan fingerprint density at radius 2 is 1.95 bits per heavy atom. The molecule has 106 valence electrons. The van der Waals surface area contributed by atoms with Gasteiger partial charge in [0.05, 0.1) is 23.9 Å². The summed E-state index contributed by atoms with van der Waals surface area (Å²) in [6.07, 6.45) is 1.63. The van der Waals surface area contributed by atoms with E-state index in [4.69, 9.17) is 9.47 Å². The molecule has 0 aliphatic heterocycles. The van der Waals surface area contributed by atoms with Gasteiger partial charge in [0.25, 0.3) is 0 Å². The summed E-state index contributed by atoms with van der Waals surface area (Å²) in [5.74, 6) is 0.0533. The van der Waals surface area contributed by atoms with Gasteiger partial charge in [-0.15, -0.1) is 0 Å². The fourth-order valence-electron chi connectivity index (χ4n) is 2.56. The summed E-state index contributed by atoms with van der Waals surface area (Å²) < 4.78 is 10.5. The molecule has 1 aliphatic carbocycles. The highest BCUT2D eigenvalue weighted by Crippen LogP contribution is 2.46. The molecule has 1 heterocycles. The number of nitrogens with zero attached hydrogens (tertiary/aromatic N) is 1.